The fraction of sp³-hybridized carbons (Fsp3) is 0.217. The number of amides is 1. The molecule has 1 amide bonds. The molecule has 0 saturated carbocycles. The van der Waals surface area contributed by atoms with Gasteiger partial charge in [-0.3, -0.25) is 9.59 Å². The van der Waals surface area contributed by atoms with Gasteiger partial charge in [-0.25, -0.2) is 0 Å². The van der Waals surface area contributed by atoms with Gasteiger partial charge in [-0.2, -0.15) is 0 Å². The van der Waals surface area contributed by atoms with Gasteiger partial charge in [0.1, 0.15) is 5.56 Å². The lowest BCUT2D eigenvalue weighted by molar-refractivity contribution is 0.102. The zero-order chi connectivity index (χ0) is 19.4. The monoisotopic (exact) mass is 360 g/mol. The summed E-state index contributed by atoms with van der Waals surface area (Å²) in [4.78, 5) is 25.5. The molecule has 4 nitrogen and oxygen atoms in total. The molecule has 0 fully saturated rings. The second-order valence-electron chi connectivity index (χ2n) is 6.65. The van der Waals surface area contributed by atoms with E-state index in [2.05, 4.69) is 5.32 Å². The molecule has 1 aromatic heterocycles. The van der Waals surface area contributed by atoms with E-state index in [-0.39, 0.29) is 16.9 Å². The van der Waals surface area contributed by atoms with Crippen LogP contribution in [0.3, 0.4) is 0 Å². The van der Waals surface area contributed by atoms with E-state index in [4.69, 9.17) is 0 Å². The molecule has 0 atom stereocenters. The number of hydrogen-bond donors (Lipinski definition) is 1. The summed E-state index contributed by atoms with van der Waals surface area (Å²) in [6, 6.07) is 19.2. The molecule has 3 aromatic rings. The van der Waals surface area contributed by atoms with Crippen molar-refractivity contribution in [3.8, 4) is 0 Å². The molecular formula is C23H24N2O2. The van der Waals surface area contributed by atoms with Crippen LogP contribution in [0.5, 0.6) is 0 Å². The van der Waals surface area contributed by atoms with Gasteiger partial charge in [0.25, 0.3) is 5.91 Å². The van der Waals surface area contributed by atoms with Gasteiger partial charge in [-0.05, 0) is 37.5 Å². The minimum absolute atomic E-state index is 0.197. The third-order valence-corrected chi connectivity index (χ3v) is 4.84. The highest BCUT2D eigenvalue weighted by molar-refractivity contribution is 6.05. The summed E-state index contributed by atoms with van der Waals surface area (Å²) >= 11 is 0. The van der Waals surface area contributed by atoms with Crippen LogP contribution in [-0.2, 0) is 13.0 Å². The Balaban J connectivity index is 1.99. The number of carbonyl (C=O) groups is 1. The minimum atomic E-state index is -0.361. The van der Waals surface area contributed by atoms with Crippen LogP contribution in [0.4, 0.5) is 5.69 Å². The third kappa shape index (κ3) is 4.00. The Morgan fingerprint density at radius 2 is 1.67 bits per heavy atom. The van der Waals surface area contributed by atoms with Crippen LogP contribution in [-0.4, -0.2) is 10.5 Å². The van der Waals surface area contributed by atoms with E-state index >= 15 is 0 Å². The lowest BCUT2D eigenvalue weighted by atomic mass is 10.1. The van der Waals surface area contributed by atoms with Gasteiger partial charge in [0, 0.05) is 29.7 Å². The number of pyridine rings is 1. The standard InChI is InChI=1S/C23H24N2O2/c1-4-19-12-8-9-13-20(19)24-23(27)22-17(3)25(16(2)14-21(22)26)15-18-10-6-5-7-11-18/h5-14H,4,15H2,1-3H3,(H,24,27). The Kier molecular flexibility index (Phi) is 5.55. The first-order valence-corrected chi connectivity index (χ1v) is 9.15. The Bertz CT molecular complexity index is 1020. The molecule has 1 heterocycles. The first-order chi connectivity index (χ1) is 13.0. The number of rotatable bonds is 5. The van der Waals surface area contributed by atoms with Crippen molar-refractivity contribution in [1.29, 1.82) is 0 Å². The summed E-state index contributed by atoms with van der Waals surface area (Å²) in [5.74, 6) is -0.361. The fourth-order valence-electron chi connectivity index (χ4n) is 3.34. The maximum absolute atomic E-state index is 12.9. The maximum Gasteiger partial charge on any atom is 0.261 e. The van der Waals surface area contributed by atoms with Crippen molar-refractivity contribution in [2.45, 2.75) is 33.7 Å². The number of hydrogen-bond acceptors (Lipinski definition) is 2. The van der Waals surface area contributed by atoms with Crippen LogP contribution >= 0.6 is 0 Å². The number of nitrogens with zero attached hydrogens (tertiary/aromatic N) is 1. The molecule has 2 aromatic carbocycles. The van der Waals surface area contributed by atoms with Crippen molar-refractivity contribution in [2.24, 2.45) is 0 Å². The smallest absolute Gasteiger partial charge is 0.261 e. The van der Waals surface area contributed by atoms with Gasteiger partial charge in [0.05, 0.1) is 0 Å². The molecule has 0 bridgehead atoms. The van der Waals surface area contributed by atoms with E-state index in [0.717, 1.165) is 28.9 Å². The molecular weight excluding hydrogens is 336 g/mol. The second kappa shape index (κ2) is 8.04. The molecule has 0 spiro atoms. The van der Waals surface area contributed by atoms with Gasteiger partial charge < -0.3 is 9.88 Å². The maximum atomic E-state index is 12.9. The van der Waals surface area contributed by atoms with Crippen molar-refractivity contribution in [3.05, 3.63) is 99.0 Å². The average molecular weight is 360 g/mol. The molecule has 138 valence electrons. The Morgan fingerprint density at radius 1 is 1.00 bits per heavy atom. The summed E-state index contributed by atoms with van der Waals surface area (Å²) < 4.78 is 2.01. The second-order valence-corrected chi connectivity index (χ2v) is 6.65. The molecule has 0 radical (unpaired) electrons. The minimum Gasteiger partial charge on any atom is -0.344 e. The lowest BCUT2D eigenvalue weighted by Gasteiger charge is -2.18. The van der Waals surface area contributed by atoms with Crippen LogP contribution in [0.25, 0.3) is 0 Å². The predicted octanol–water partition coefficient (Wildman–Crippen LogP) is 4.33. The van der Waals surface area contributed by atoms with Gasteiger partial charge in [0.2, 0.25) is 0 Å². The summed E-state index contributed by atoms with van der Waals surface area (Å²) in [5, 5.41) is 2.92. The number of benzene rings is 2. The number of nitrogens with one attached hydrogen (secondary N) is 1. The zero-order valence-corrected chi connectivity index (χ0v) is 16.0. The van der Waals surface area contributed by atoms with Crippen LogP contribution < -0.4 is 10.7 Å². The van der Waals surface area contributed by atoms with Crippen molar-refractivity contribution >= 4 is 11.6 Å². The first-order valence-electron chi connectivity index (χ1n) is 9.15. The summed E-state index contributed by atoms with van der Waals surface area (Å²) in [6.45, 7) is 6.38. The number of carbonyl (C=O) groups excluding carboxylic acids is 1. The first kappa shape index (κ1) is 18.6. The predicted molar refractivity (Wildman–Crippen MR) is 109 cm³/mol. The molecule has 4 heteroatoms. The molecule has 1 N–H and O–H groups in total. The number of anilines is 1. The number of para-hydroxylation sites is 1. The molecule has 0 aliphatic carbocycles. The van der Waals surface area contributed by atoms with E-state index < -0.39 is 0 Å². The van der Waals surface area contributed by atoms with E-state index in [0.29, 0.717) is 12.2 Å². The molecule has 0 unspecified atom stereocenters. The van der Waals surface area contributed by atoms with Gasteiger partial charge in [-0.1, -0.05) is 55.5 Å². The highest BCUT2D eigenvalue weighted by atomic mass is 16.2. The average Bonchev–Trinajstić information content (AvgIpc) is 2.66. The summed E-state index contributed by atoms with van der Waals surface area (Å²) in [7, 11) is 0. The molecule has 27 heavy (non-hydrogen) atoms. The van der Waals surface area contributed by atoms with Crippen LogP contribution in [0.1, 0.15) is 39.8 Å². The van der Waals surface area contributed by atoms with Gasteiger partial charge >= 0.3 is 0 Å². The quantitative estimate of drug-likeness (QED) is 0.736. The van der Waals surface area contributed by atoms with Crippen molar-refractivity contribution in [1.82, 2.24) is 4.57 Å². The van der Waals surface area contributed by atoms with Gasteiger partial charge in [-0.15, -0.1) is 0 Å². The summed E-state index contributed by atoms with van der Waals surface area (Å²) in [5.41, 5.74) is 4.37. The Labute approximate surface area is 159 Å². The van der Waals surface area contributed by atoms with Crippen LogP contribution in [0, 0.1) is 13.8 Å². The van der Waals surface area contributed by atoms with Crippen LogP contribution in [0.15, 0.2) is 65.5 Å². The van der Waals surface area contributed by atoms with Crippen LogP contribution in [0.2, 0.25) is 0 Å². The highest BCUT2D eigenvalue weighted by Gasteiger charge is 2.18. The number of aromatic nitrogens is 1. The molecule has 0 aliphatic heterocycles. The van der Waals surface area contributed by atoms with Gasteiger partial charge in [0.15, 0.2) is 5.43 Å². The zero-order valence-electron chi connectivity index (χ0n) is 16.0. The van der Waals surface area contributed by atoms with E-state index in [1.54, 1.807) is 0 Å². The van der Waals surface area contributed by atoms with Crippen molar-refractivity contribution in [2.75, 3.05) is 5.32 Å². The molecule has 0 saturated heterocycles. The third-order valence-electron chi connectivity index (χ3n) is 4.84. The Morgan fingerprint density at radius 3 is 2.37 bits per heavy atom. The number of aryl methyl sites for hydroxylation is 2. The normalized spacial score (nSPS) is 10.6. The van der Waals surface area contributed by atoms with E-state index in [1.165, 1.54) is 6.07 Å². The Hall–Kier alpha value is -3.14. The molecule has 3 rings (SSSR count). The highest BCUT2D eigenvalue weighted by Crippen LogP contribution is 2.18. The fourth-order valence-corrected chi connectivity index (χ4v) is 3.34. The van der Waals surface area contributed by atoms with Crippen molar-refractivity contribution < 1.29 is 4.79 Å². The summed E-state index contributed by atoms with van der Waals surface area (Å²) in [6.07, 6.45) is 0.807. The van der Waals surface area contributed by atoms with E-state index in [1.807, 2.05) is 79.9 Å². The van der Waals surface area contributed by atoms with E-state index in [9.17, 15) is 9.59 Å². The topological polar surface area (TPSA) is 51.1 Å². The largest absolute Gasteiger partial charge is 0.344 e. The lowest BCUT2D eigenvalue weighted by Crippen LogP contribution is -2.27. The SMILES string of the molecule is CCc1ccccc1NC(=O)c1c(C)n(Cc2ccccc2)c(C)cc1=O. The molecule has 0 aliphatic rings. The van der Waals surface area contributed by atoms with Crippen molar-refractivity contribution in [3.63, 3.8) is 0 Å².